The number of rotatable bonds is 6. The summed E-state index contributed by atoms with van der Waals surface area (Å²) in [6, 6.07) is 4.34. The monoisotopic (exact) mass is 296 g/mol. The number of hydrogen-bond acceptors (Lipinski definition) is 5. The molecule has 1 fully saturated rings. The molecule has 0 atom stereocenters. The fraction of sp³-hybridized carbons (Fsp3) is 0.533. The van der Waals surface area contributed by atoms with Crippen LogP contribution in [0, 0.1) is 5.82 Å². The number of morpholine rings is 1. The first-order valence-corrected chi connectivity index (χ1v) is 7.21. The van der Waals surface area contributed by atoms with Crippen molar-refractivity contribution in [1.82, 2.24) is 4.90 Å². The van der Waals surface area contributed by atoms with Crippen LogP contribution in [0.3, 0.4) is 0 Å². The molecule has 5 nitrogen and oxygen atoms in total. The zero-order valence-corrected chi connectivity index (χ0v) is 12.2. The Morgan fingerprint density at radius 1 is 1.43 bits per heavy atom. The van der Waals surface area contributed by atoms with E-state index in [1.807, 2.05) is 0 Å². The minimum Gasteiger partial charge on any atom is -0.462 e. The van der Waals surface area contributed by atoms with Crippen molar-refractivity contribution in [1.29, 1.82) is 0 Å². The zero-order valence-electron chi connectivity index (χ0n) is 12.2. The van der Waals surface area contributed by atoms with E-state index in [2.05, 4.69) is 10.2 Å². The third kappa shape index (κ3) is 4.68. The molecule has 0 amide bonds. The maximum atomic E-state index is 13.9. The largest absolute Gasteiger partial charge is 0.462 e. The van der Waals surface area contributed by atoms with Gasteiger partial charge < -0.3 is 14.8 Å². The van der Waals surface area contributed by atoms with Crippen LogP contribution in [0.1, 0.15) is 17.3 Å². The molecule has 6 heteroatoms. The molecule has 1 N–H and O–H groups in total. The summed E-state index contributed by atoms with van der Waals surface area (Å²) in [4.78, 5) is 13.8. The van der Waals surface area contributed by atoms with Crippen molar-refractivity contribution in [2.24, 2.45) is 0 Å². The second kappa shape index (κ2) is 7.95. The number of ether oxygens (including phenoxy) is 2. The molecule has 0 aromatic heterocycles. The van der Waals surface area contributed by atoms with Crippen LogP contribution in [-0.2, 0) is 9.47 Å². The first-order chi connectivity index (χ1) is 10.2. The van der Waals surface area contributed by atoms with Crippen LogP contribution in [0.4, 0.5) is 10.1 Å². The maximum absolute atomic E-state index is 13.9. The van der Waals surface area contributed by atoms with Gasteiger partial charge in [-0.15, -0.1) is 0 Å². The Kier molecular flexibility index (Phi) is 5.95. The van der Waals surface area contributed by atoms with Crippen LogP contribution < -0.4 is 5.32 Å². The molecule has 1 aromatic rings. The van der Waals surface area contributed by atoms with E-state index in [4.69, 9.17) is 9.47 Å². The van der Waals surface area contributed by atoms with E-state index in [0.717, 1.165) is 32.8 Å². The Morgan fingerprint density at radius 3 is 2.86 bits per heavy atom. The summed E-state index contributed by atoms with van der Waals surface area (Å²) in [6.07, 6.45) is 0. The predicted octanol–water partition coefficient (Wildman–Crippen LogP) is 1.75. The molecule has 116 valence electrons. The highest BCUT2D eigenvalue weighted by Gasteiger charge is 2.12. The summed E-state index contributed by atoms with van der Waals surface area (Å²) < 4.78 is 24.0. The first kappa shape index (κ1) is 15.7. The Bertz CT molecular complexity index is 476. The Hall–Kier alpha value is -1.66. The topological polar surface area (TPSA) is 50.8 Å². The Morgan fingerprint density at radius 2 is 2.19 bits per heavy atom. The van der Waals surface area contributed by atoms with Gasteiger partial charge in [0.25, 0.3) is 0 Å². The van der Waals surface area contributed by atoms with Crippen LogP contribution >= 0.6 is 0 Å². The Balaban J connectivity index is 1.84. The maximum Gasteiger partial charge on any atom is 0.338 e. The van der Waals surface area contributed by atoms with Gasteiger partial charge in [0.05, 0.1) is 31.1 Å². The number of nitrogens with zero attached hydrogens (tertiary/aromatic N) is 1. The van der Waals surface area contributed by atoms with Gasteiger partial charge in [-0.05, 0) is 25.1 Å². The number of anilines is 1. The molecule has 0 bridgehead atoms. The summed E-state index contributed by atoms with van der Waals surface area (Å²) in [7, 11) is 0. The SMILES string of the molecule is CCOC(=O)c1ccc(NCCN2CCOCC2)c(F)c1. The zero-order chi connectivity index (χ0) is 15.1. The van der Waals surface area contributed by atoms with E-state index in [1.165, 1.54) is 6.07 Å². The summed E-state index contributed by atoms with van der Waals surface area (Å²) in [5, 5.41) is 3.05. The van der Waals surface area contributed by atoms with Gasteiger partial charge in [0.15, 0.2) is 0 Å². The highest BCUT2D eigenvalue weighted by Crippen LogP contribution is 2.16. The van der Waals surface area contributed by atoms with Crippen molar-refractivity contribution in [3.05, 3.63) is 29.6 Å². The van der Waals surface area contributed by atoms with Crippen LogP contribution in [0.2, 0.25) is 0 Å². The molecule has 1 aliphatic rings. The number of benzene rings is 1. The van der Waals surface area contributed by atoms with Gasteiger partial charge >= 0.3 is 5.97 Å². The molecule has 0 saturated carbocycles. The number of halogens is 1. The van der Waals surface area contributed by atoms with E-state index < -0.39 is 11.8 Å². The summed E-state index contributed by atoms with van der Waals surface area (Å²) >= 11 is 0. The quantitative estimate of drug-likeness (QED) is 0.811. The molecular weight excluding hydrogens is 275 g/mol. The normalized spacial score (nSPS) is 15.7. The summed E-state index contributed by atoms with van der Waals surface area (Å²) in [5.41, 5.74) is 0.629. The second-order valence-electron chi connectivity index (χ2n) is 4.80. The lowest BCUT2D eigenvalue weighted by Gasteiger charge is -2.26. The summed E-state index contributed by atoms with van der Waals surface area (Å²) in [5.74, 6) is -0.946. The molecule has 1 aromatic carbocycles. The van der Waals surface area contributed by atoms with Gasteiger partial charge in [0.1, 0.15) is 5.82 Å². The van der Waals surface area contributed by atoms with Crippen molar-refractivity contribution in [2.75, 3.05) is 51.3 Å². The fourth-order valence-electron chi connectivity index (χ4n) is 2.17. The predicted molar refractivity (Wildman–Crippen MR) is 78.1 cm³/mol. The molecular formula is C15H21FN2O3. The molecule has 1 heterocycles. The average Bonchev–Trinajstić information content (AvgIpc) is 2.50. The number of hydrogen-bond donors (Lipinski definition) is 1. The van der Waals surface area contributed by atoms with Gasteiger partial charge in [0, 0.05) is 26.2 Å². The third-order valence-corrected chi connectivity index (χ3v) is 3.33. The highest BCUT2D eigenvalue weighted by molar-refractivity contribution is 5.89. The van der Waals surface area contributed by atoms with E-state index in [0.29, 0.717) is 12.2 Å². The van der Waals surface area contributed by atoms with Gasteiger partial charge in [-0.2, -0.15) is 0 Å². The fourth-order valence-corrected chi connectivity index (χ4v) is 2.17. The van der Waals surface area contributed by atoms with Crippen LogP contribution in [0.15, 0.2) is 18.2 Å². The minimum atomic E-state index is -0.503. The number of carbonyl (C=O) groups is 1. The number of nitrogens with one attached hydrogen (secondary N) is 1. The van der Waals surface area contributed by atoms with Gasteiger partial charge in [-0.3, -0.25) is 4.90 Å². The van der Waals surface area contributed by atoms with Crippen LogP contribution in [0.25, 0.3) is 0 Å². The van der Waals surface area contributed by atoms with Gasteiger partial charge in [-0.1, -0.05) is 0 Å². The van der Waals surface area contributed by atoms with Gasteiger partial charge in [0.2, 0.25) is 0 Å². The van der Waals surface area contributed by atoms with E-state index in [-0.39, 0.29) is 12.2 Å². The second-order valence-corrected chi connectivity index (χ2v) is 4.80. The van der Waals surface area contributed by atoms with Gasteiger partial charge in [-0.25, -0.2) is 9.18 Å². The van der Waals surface area contributed by atoms with Crippen molar-refractivity contribution >= 4 is 11.7 Å². The average molecular weight is 296 g/mol. The smallest absolute Gasteiger partial charge is 0.338 e. The van der Waals surface area contributed by atoms with Crippen LogP contribution in [0.5, 0.6) is 0 Å². The standard InChI is InChI=1S/C15H21FN2O3/c1-2-21-15(19)12-3-4-14(13(16)11-12)17-5-6-18-7-9-20-10-8-18/h3-4,11,17H,2,5-10H2,1H3. The molecule has 0 unspecified atom stereocenters. The van der Waals surface area contributed by atoms with Crippen molar-refractivity contribution in [3.8, 4) is 0 Å². The van der Waals surface area contributed by atoms with E-state index in [1.54, 1.807) is 19.1 Å². The molecule has 2 rings (SSSR count). The van der Waals surface area contributed by atoms with Crippen molar-refractivity contribution in [2.45, 2.75) is 6.92 Å². The lowest BCUT2D eigenvalue weighted by Crippen LogP contribution is -2.39. The molecule has 0 radical (unpaired) electrons. The van der Waals surface area contributed by atoms with E-state index >= 15 is 0 Å². The highest BCUT2D eigenvalue weighted by atomic mass is 19.1. The molecule has 1 saturated heterocycles. The molecule has 1 aliphatic heterocycles. The molecule has 21 heavy (non-hydrogen) atoms. The Labute approximate surface area is 124 Å². The lowest BCUT2D eigenvalue weighted by molar-refractivity contribution is 0.0398. The van der Waals surface area contributed by atoms with Crippen molar-refractivity contribution in [3.63, 3.8) is 0 Å². The van der Waals surface area contributed by atoms with Crippen LogP contribution in [-0.4, -0.2) is 56.9 Å². The lowest BCUT2D eigenvalue weighted by atomic mass is 10.2. The number of esters is 1. The van der Waals surface area contributed by atoms with E-state index in [9.17, 15) is 9.18 Å². The first-order valence-electron chi connectivity index (χ1n) is 7.21. The number of carbonyl (C=O) groups excluding carboxylic acids is 1. The third-order valence-electron chi connectivity index (χ3n) is 3.33. The summed E-state index contributed by atoms with van der Waals surface area (Å²) in [6.45, 7) is 6.80. The molecule has 0 aliphatic carbocycles. The van der Waals surface area contributed by atoms with Crippen molar-refractivity contribution < 1.29 is 18.7 Å². The molecule has 0 spiro atoms. The minimum absolute atomic E-state index is 0.230.